The van der Waals surface area contributed by atoms with Crippen LogP contribution in [0.15, 0.2) is 42.5 Å². The van der Waals surface area contributed by atoms with Crippen LogP contribution in [0.5, 0.6) is 0 Å². The zero-order valence-corrected chi connectivity index (χ0v) is 10.2. The molecule has 0 spiro atoms. The second-order valence-electron chi connectivity index (χ2n) is 4.05. The van der Waals surface area contributed by atoms with Crippen LogP contribution < -0.4 is 10.6 Å². The maximum Gasteiger partial charge on any atom is 0.261 e. The molecular formula is C14H12F2N2O. The van der Waals surface area contributed by atoms with Crippen LogP contribution in [-0.2, 0) is 0 Å². The highest BCUT2D eigenvalue weighted by Crippen LogP contribution is 2.21. The van der Waals surface area contributed by atoms with Crippen molar-refractivity contribution in [3.05, 3.63) is 59.7 Å². The van der Waals surface area contributed by atoms with Crippen molar-refractivity contribution >= 4 is 17.3 Å². The van der Waals surface area contributed by atoms with Crippen molar-refractivity contribution in [2.75, 3.05) is 17.7 Å². The molecule has 0 aromatic heterocycles. The van der Waals surface area contributed by atoms with E-state index >= 15 is 0 Å². The van der Waals surface area contributed by atoms with E-state index in [9.17, 15) is 13.6 Å². The Bertz CT molecular complexity index is 629. The molecule has 19 heavy (non-hydrogen) atoms. The first-order chi connectivity index (χ1) is 9.00. The van der Waals surface area contributed by atoms with Crippen LogP contribution in [0.25, 0.3) is 0 Å². The average Bonchev–Trinajstić information content (AvgIpc) is 2.40. The third kappa shape index (κ3) is 2.54. The van der Waals surface area contributed by atoms with E-state index < -0.39 is 17.5 Å². The van der Waals surface area contributed by atoms with Crippen molar-refractivity contribution in [2.24, 2.45) is 0 Å². The van der Waals surface area contributed by atoms with Gasteiger partial charge in [0.15, 0.2) is 0 Å². The number of para-hydroxylation sites is 1. The molecule has 0 heterocycles. The van der Waals surface area contributed by atoms with E-state index in [1.165, 1.54) is 37.4 Å². The molecule has 5 heteroatoms. The van der Waals surface area contributed by atoms with E-state index in [1.807, 2.05) is 0 Å². The molecule has 0 saturated heterocycles. The monoisotopic (exact) mass is 262 g/mol. The molecule has 0 aliphatic rings. The van der Waals surface area contributed by atoms with Gasteiger partial charge in [-0.25, -0.2) is 8.78 Å². The number of carbonyl (C=O) groups is 1. The quantitative estimate of drug-likeness (QED) is 0.846. The summed E-state index contributed by atoms with van der Waals surface area (Å²) in [5.41, 5.74) is 5.68. The Kier molecular flexibility index (Phi) is 3.46. The molecule has 0 bridgehead atoms. The number of hydrogen-bond donors (Lipinski definition) is 1. The van der Waals surface area contributed by atoms with Gasteiger partial charge in [-0.3, -0.25) is 4.79 Å². The molecule has 0 aliphatic heterocycles. The summed E-state index contributed by atoms with van der Waals surface area (Å²) in [7, 11) is 1.38. The second-order valence-corrected chi connectivity index (χ2v) is 4.05. The minimum atomic E-state index is -0.692. The van der Waals surface area contributed by atoms with Crippen LogP contribution in [0.4, 0.5) is 20.2 Å². The summed E-state index contributed by atoms with van der Waals surface area (Å²) < 4.78 is 27.2. The maximum atomic E-state index is 13.6. The summed E-state index contributed by atoms with van der Waals surface area (Å²) in [4.78, 5) is 13.2. The SMILES string of the molecule is CN(C(=O)c1cc(N)ccc1F)c1ccccc1F. The van der Waals surface area contributed by atoms with Gasteiger partial charge in [-0.2, -0.15) is 0 Å². The summed E-state index contributed by atoms with van der Waals surface area (Å²) in [5, 5.41) is 0. The lowest BCUT2D eigenvalue weighted by molar-refractivity contribution is 0.0988. The molecule has 0 aliphatic carbocycles. The summed E-state index contributed by atoms with van der Waals surface area (Å²) in [6.45, 7) is 0. The fourth-order valence-electron chi connectivity index (χ4n) is 1.72. The van der Waals surface area contributed by atoms with Crippen LogP contribution in [0.1, 0.15) is 10.4 Å². The fraction of sp³-hybridized carbons (Fsp3) is 0.0714. The van der Waals surface area contributed by atoms with Gasteiger partial charge in [0.25, 0.3) is 5.91 Å². The van der Waals surface area contributed by atoms with Crippen LogP contribution in [0, 0.1) is 11.6 Å². The van der Waals surface area contributed by atoms with Gasteiger partial charge in [-0.05, 0) is 30.3 Å². The Morgan fingerprint density at radius 3 is 2.47 bits per heavy atom. The number of nitrogen functional groups attached to an aromatic ring is 1. The van der Waals surface area contributed by atoms with E-state index in [-0.39, 0.29) is 16.9 Å². The topological polar surface area (TPSA) is 46.3 Å². The number of amides is 1. The molecular weight excluding hydrogens is 250 g/mol. The molecule has 0 saturated carbocycles. The molecule has 0 unspecified atom stereocenters. The van der Waals surface area contributed by atoms with Crippen LogP contribution in [-0.4, -0.2) is 13.0 Å². The molecule has 0 fully saturated rings. The molecule has 2 aromatic rings. The predicted molar refractivity (Wildman–Crippen MR) is 69.9 cm³/mol. The number of halogens is 2. The fourth-order valence-corrected chi connectivity index (χ4v) is 1.72. The van der Waals surface area contributed by atoms with Crippen molar-refractivity contribution in [1.82, 2.24) is 0 Å². The van der Waals surface area contributed by atoms with E-state index in [1.54, 1.807) is 6.07 Å². The molecule has 3 nitrogen and oxygen atoms in total. The standard InChI is InChI=1S/C14H12F2N2O/c1-18(13-5-3-2-4-12(13)16)14(19)10-8-9(17)6-7-11(10)15/h2-8H,17H2,1H3. The molecule has 2 aromatic carbocycles. The first-order valence-corrected chi connectivity index (χ1v) is 5.58. The maximum absolute atomic E-state index is 13.6. The number of rotatable bonds is 2. The van der Waals surface area contributed by atoms with Gasteiger partial charge >= 0.3 is 0 Å². The predicted octanol–water partition coefficient (Wildman–Crippen LogP) is 2.82. The third-order valence-corrected chi connectivity index (χ3v) is 2.74. The van der Waals surface area contributed by atoms with E-state index in [2.05, 4.69) is 0 Å². The van der Waals surface area contributed by atoms with Gasteiger partial charge < -0.3 is 10.6 Å². The number of anilines is 2. The zero-order valence-electron chi connectivity index (χ0n) is 10.2. The molecule has 1 amide bonds. The van der Waals surface area contributed by atoms with E-state index in [4.69, 9.17) is 5.73 Å². The van der Waals surface area contributed by atoms with Gasteiger partial charge in [0, 0.05) is 12.7 Å². The third-order valence-electron chi connectivity index (χ3n) is 2.74. The van der Waals surface area contributed by atoms with Crippen LogP contribution in [0.2, 0.25) is 0 Å². The first-order valence-electron chi connectivity index (χ1n) is 5.58. The van der Waals surface area contributed by atoms with Crippen LogP contribution >= 0.6 is 0 Å². The number of nitrogens with zero attached hydrogens (tertiary/aromatic N) is 1. The number of nitrogens with two attached hydrogens (primary N) is 1. The Hall–Kier alpha value is -2.43. The highest BCUT2D eigenvalue weighted by Gasteiger charge is 2.19. The second kappa shape index (κ2) is 5.06. The zero-order chi connectivity index (χ0) is 14.0. The highest BCUT2D eigenvalue weighted by atomic mass is 19.1. The number of benzene rings is 2. The summed E-state index contributed by atoms with van der Waals surface area (Å²) in [6.07, 6.45) is 0. The van der Waals surface area contributed by atoms with Crippen molar-refractivity contribution in [3.8, 4) is 0 Å². The Balaban J connectivity index is 2.39. The lowest BCUT2D eigenvalue weighted by Crippen LogP contribution is -2.28. The highest BCUT2D eigenvalue weighted by molar-refractivity contribution is 6.06. The van der Waals surface area contributed by atoms with E-state index in [0.29, 0.717) is 0 Å². The van der Waals surface area contributed by atoms with Crippen LogP contribution in [0.3, 0.4) is 0 Å². The largest absolute Gasteiger partial charge is 0.399 e. The van der Waals surface area contributed by atoms with Crippen molar-refractivity contribution in [3.63, 3.8) is 0 Å². The Morgan fingerprint density at radius 1 is 1.11 bits per heavy atom. The first kappa shape index (κ1) is 13.0. The molecule has 0 radical (unpaired) electrons. The molecule has 2 N–H and O–H groups in total. The van der Waals surface area contributed by atoms with Gasteiger partial charge in [0.2, 0.25) is 0 Å². The van der Waals surface area contributed by atoms with Crippen molar-refractivity contribution in [2.45, 2.75) is 0 Å². The summed E-state index contributed by atoms with van der Waals surface area (Å²) in [6, 6.07) is 9.48. The summed E-state index contributed by atoms with van der Waals surface area (Å²) >= 11 is 0. The minimum absolute atomic E-state index is 0.0781. The van der Waals surface area contributed by atoms with Crippen molar-refractivity contribution < 1.29 is 13.6 Å². The van der Waals surface area contributed by atoms with Gasteiger partial charge in [0.1, 0.15) is 11.6 Å². The smallest absolute Gasteiger partial charge is 0.261 e. The lowest BCUT2D eigenvalue weighted by Gasteiger charge is -2.18. The normalized spacial score (nSPS) is 10.3. The Labute approximate surface area is 109 Å². The average molecular weight is 262 g/mol. The van der Waals surface area contributed by atoms with Gasteiger partial charge in [0.05, 0.1) is 11.3 Å². The molecule has 2 rings (SSSR count). The van der Waals surface area contributed by atoms with E-state index in [0.717, 1.165) is 11.0 Å². The Morgan fingerprint density at radius 2 is 1.79 bits per heavy atom. The molecule has 0 atom stereocenters. The minimum Gasteiger partial charge on any atom is -0.399 e. The molecule has 98 valence electrons. The lowest BCUT2D eigenvalue weighted by atomic mass is 10.1. The summed E-state index contributed by atoms with van der Waals surface area (Å²) in [5.74, 6) is -1.90. The van der Waals surface area contributed by atoms with Crippen molar-refractivity contribution in [1.29, 1.82) is 0 Å². The number of carbonyl (C=O) groups excluding carboxylic acids is 1. The van der Waals surface area contributed by atoms with Gasteiger partial charge in [-0.1, -0.05) is 12.1 Å². The van der Waals surface area contributed by atoms with Gasteiger partial charge in [-0.15, -0.1) is 0 Å². The number of hydrogen-bond acceptors (Lipinski definition) is 2.